The normalized spacial score (nSPS) is 10.1. The van der Waals surface area contributed by atoms with Crippen LogP contribution in [0, 0.1) is 10.1 Å². The van der Waals surface area contributed by atoms with Crippen LogP contribution in [0.2, 0.25) is 0 Å². The molecule has 0 radical (unpaired) electrons. The molecule has 0 aromatic heterocycles. The van der Waals surface area contributed by atoms with Gasteiger partial charge in [0.25, 0.3) is 5.91 Å². The first kappa shape index (κ1) is 16.0. The average molecular weight is 365 g/mol. The molecule has 6 nitrogen and oxygen atoms in total. The van der Waals surface area contributed by atoms with Crippen molar-refractivity contribution in [3.8, 4) is 5.75 Å². The van der Waals surface area contributed by atoms with Crippen LogP contribution in [-0.2, 0) is 0 Å². The number of ether oxygens (including phenoxy) is 1. The van der Waals surface area contributed by atoms with Gasteiger partial charge in [0, 0.05) is 21.8 Å². The molecule has 0 aliphatic carbocycles. The van der Waals surface area contributed by atoms with Crippen molar-refractivity contribution in [1.29, 1.82) is 0 Å². The van der Waals surface area contributed by atoms with E-state index in [4.69, 9.17) is 4.74 Å². The number of nitrogens with zero attached hydrogens (tertiary/aromatic N) is 1. The second kappa shape index (κ2) is 7.04. The number of hydrogen-bond donors (Lipinski definition) is 1. The summed E-state index contributed by atoms with van der Waals surface area (Å²) in [5.41, 5.74) is 0.551. The lowest BCUT2D eigenvalue weighted by Crippen LogP contribution is -2.12. The topological polar surface area (TPSA) is 81.5 Å². The molecule has 114 valence electrons. The van der Waals surface area contributed by atoms with Crippen molar-refractivity contribution in [2.24, 2.45) is 0 Å². The summed E-state index contributed by atoms with van der Waals surface area (Å²) in [7, 11) is 0. The molecular weight excluding hydrogens is 352 g/mol. The molecule has 22 heavy (non-hydrogen) atoms. The summed E-state index contributed by atoms with van der Waals surface area (Å²) in [6.45, 7) is 2.04. The molecule has 0 bridgehead atoms. The second-order valence-corrected chi connectivity index (χ2v) is 5.25. The molecule has 1 amide bonds. The van der Waals surface area contributed by atoms with E-state index in [1.807, 2.05) is 6.07 Å². The zero-order valence-electron chi connectivity index (χ0n) is 11.7. The summed E-state index contributed by atoms with van der Waals surface area (Å²) >= 11 is 3.31. The van der Waals surface area contributed by atoms with Gasteiger partial charge in [0.05, 0.1) is 11.5 Å². The van der Waals surface area contributed by atoms with Gasteiger partial charge in [-0.2, -0.15) is 0 Å². The molecule has 1 N–H and O–H groups in total. The second-order valence-electron chi connectivity index (χ2n) is 4.34. The van der Waals surface area contributed by atoms with E-state index in [0.717, 1.165) is 4.47 Å². The minimum absolute atomic E-state index is 0.145. The Balaban J connectivity index is 2.26. The lowest BCUT2D eigenvalue weighted by Gasteiger charge is -2.08. The Morgan fingerprint density at radius 1 is 1.32 bits per heavy atom. The third-order valence-corrected chi connectivity index (χ3v) is 3.29. The highest BCUT2D eigenvalue weighted by molar-refractivity contribution is 9.10. The Kier molecular flexibility index (Phi) is 5.11. The third-order valence-electron chi connectivity index (χ3n) is 2.80. The van der Waals surface area contributed by atoms with E-state index >= 15 is 0 Å². The van der Waals surface area contributed by atoms with E-state index in [2.05, 4.69) is 21.2 Å². The van der Waals surface area contributed by atoms with Gasteiger partial charge in [-0.1, -0.05) is 22.0 Å². The maximum atomic E-state index is 12.2. The summed E-state index contributed by atoms with van der Waals surface area (Å²) in [4.78, 5) is 22.7. The molecule has 0 saturated heterocycles. The van der Waals surface area contributed by atoms with Gasteiger partial charge in [0.2, 0.25) is 0 Å². The van der Waals surface area contributed by atoms with E-state index < -0.39 is 10.8 Å². The van der Waals surface area contributed by atoms with E-state index in [9.17, 15) is 14.9 Å². The lowest BCUT2D eigenvalue weighted by atomic mass is 10.1. The van der Waals surface area contributed by atoms with Crippen molar-refractivity contribution in [1.82, 2.24) is 0 Å². The van der Waals surface area contributed by atoms with Crippen LogP contribution in [-0.4, -0.2) is 17.4 Å². The molecule has 0 aliphatic rings. The standard InChI is InChI=1S/C15H13BrN2O4/c1-2-22-14-7-6-10(8-13(14)18(20)21)15(19)17-12-5-3-4-11(16)9-12/h3-9H,2H2,1H3,(H,17,19). The van der Waals surface area contributed by atoms with Crippen LogP contribution in [0.15, 0.2) is 46.9 Å². The smallest absolute Gasteiger partial charge is 0.311 e. The molecule has 0 atom stereocenters. The summed E-state index contributed by atoms with van der Waals surface area (Å²) in [6.07, 6.45) is 0. The zero-order valence-corrected chi connectivity index (χ0v) is 13.3. The fourth-order valence-corrected chi connectivity index (χ4v) is 2.25. The summed E-state index contributed by atoms with van der Waals surface area (Å²) in [5, 5.41) is 13.7. The van der Waals surface area contributed by atoms with Gasteiger partial charge in [-0.3, -0.25) is 14.9 Å². The predicted octanol–water partition coefficient (Wildman–Crippen LogP) is 4.01. The Labute approximate surface area is 135 Å². The molecule has 0 fully saturated rings. The van der Waals surface area contributed by atoms with Crippen LogP contribution in [0.3, 0.4) is 0 Å². The Bertz CT molecular complexity index is 718. The van der Waals surface area contributed by atoms with Gasteiger partial charge in [-0.25, -0.2) is 0 Å². The van der Waals surface area contributed by atoms with Gasteiger partial charge >= 0.3 is 5.69 Å². The average Bonchev–Trinajstić information content (AvgIpc) is 2.47. The first-order valence-electron chi connectivity index (χ1n) is 6.49. The molecule has 2 aromatic rings. The third kappa shape index (κ3) is 3.82. The maximum absolute atomic E-state index is 12.2. The van der Waals surface area contributed by atoms with E-state index in [0.29, 0.717) is 12.3 Å². The molecule has 0 heterocycles. The monoisotopic (exact) mass is 364 g/mol. The SMILES string of the molecule is CCOc1ccc(C(=O)Nc2cccc(Br)c2)cc1[N+](=O)[O-]. The van der Waals surface area contributed by atoms with Gasteiger partial charge in [-0.15, -0.1) is 0 Å². The number of benzene rings is 2. The van der Waals surface area contributed by atoms with Crippen LogP contribution in [0.1, 0.15) is 17.3 Å². The van der Waals surface area contributed by atoms with Crippen molar-refractivity contribution in [2.75, 3.05) is 11.9 Å². The van der Waals surface area contributed by atoms with Crippen molar-refractivity contribution >= 4 is 33.2 Å². The first-order chi connectivity index (χ1) is 10.5. The molecule has 0 saturated carbocycles. The van der Waals surface area contributed by atoms with Crippen LogP contribution in [0.5, 0.6) is 5.75 Å². The number of nitrogens with one attached hydrogen (secondary N) is 1. The lowest BCUT2D eigenvalue weighted by molar-refractivity contribution is -0.385. The molecule has 2 rings (SSSR count). The van der Waals surface area contributed by atoms with Crippen LogP contribution < -0.4 is 10.1 Å². The first-order valence-corrected chi connectivity index (χ1v) is 7.28. The highest BCUT2D eigenvalue weighted by atomic mass is 79.9. The van der Waals surface area contributed by atoms with E-state index in [1.165, 1.54) is 18.2 Å². The number of amides is 1. The molecule has 0 spiro atoms. The molecule has 0 unspecified atom stereocenters. The molecule has 7 heteroatoms. The minimum atomic E-state index is -0.569. The summed E-state index contributed by atoms with van der Waals surface area (Å²) in [6, 6.07) is 11.2. The number of anilines is 1. The minimum Gasteiger partial charge on any atom is -0.487 e. The van der Waals surface area contributed by atoms with Crippen LogP contribution in [0.25, 0.3) is 0 Å². The zero-order chi connectivity index (χ0) is 16.1. The number of halogens is 1. The molecule has 0 aliphatic heterocycles. The Hall–Kier alpha value is -2.41. The van der Waals surface area contributed by atoms with E-state index in [-0.39, 0.29) is 17.0 Å². The van der Waals surface area contributed by atoms with Crippen LogP contribution >= 0.6 is 15.9 Å². The Morgan fingerprint density at radius 3 is 2.73 bits per heavy atom. The largest absolute Gasteiger partial charge is 0.487 e. The number of nitro groups is 1. The van der Waals surface area contributed by atoms with Crippen LogP contribution in [0.4, 0.5) is 11.4 Å². The highest BCUT2D eigenvalue weighted by Gasteiger charge is 2.18. The maximum Gasteiger partial charge on any atom is 0.311 e. The fourth-order valence-electron chi connectivity index (χ4n) is 1.85. The number of rotatable bonds is 5. The van der Waals surface area contributed by atoms with Crippen molar-refractivity contribution < 1.29 is 14.5 Å². The predicted molar refractivity (Wildman–Crippen MR) is 86.4 cm³/mol. The van der Waals surface area contributed by atoms with Crippen molar-refractivity contribution in [3.05, 3.63) is 62.6 Å². The molecule has 2 aromatic carbocycles. The molecular formula is C15H13BrN2O4. The van der Waals surface area contributed by atoms with Crippen molar-refractivity contribution in [3.63, 3.8) is 0 Å². The fraction of sp³-hybridized carbons (Fsp3) is 0.133. The van der Waals surface area contributed by atoms with Gasteiger partial charge in [0.1, 0.15) is 0 Å². The quantitative estimate of drug-likeness (QED) is 0.641. The van der Waals surface area contributed by atoms with Gasteiger partial charge in [-0.05, 0) is 37.3 Å². The van der Waals surface area contributed by atoms with Crippen molar-refractivity contribution in [2.45, 2.75) is 6.92 Å². The highest BCUT2D eigenvalue weighted by Crippen LogP contribution is 2.28. The number of carbonyl (C=O) groups is 1. The summed E-state index contributed by atoms with van der Waals surface area (Å²) < 4.78 is 6.01. The van der Waals surface area contributed by atoms with Gasteiger partial charge in [0.15, 0.2) is 5.75 Å². The van der Waals surface area contributed by atoms with E-state index in [1.54, 1.807) is 25.1 Å². The number of nitro benzene ring substituents is 1. The number of carbonyl (C=O) groups excluding carboxylic acids is 1. The summed E-state index contributed by atoms with van der Waals surface area (Å²) in [5.74, 6) is -0.282. The van der Waals surface area contributed by atoms with Gasteiger partial charge < -0.3 is 10.1 Å². The Morgan fingerprint density at radius 2 is 2.09 bits per heavy atom. The number of hydrogen-bond acceptors (Lipinski definition) is 4.